The molecule has 0 aliphatic rings. The van der Waals surface area contributed by atoms with Gasteiger partial charge in [0, 0.05) is 17.6 Å². The molecule has 1 aromatic heterocycles. The molecule has 0 amide bonds. The molecule has 0 atom stereocenters. The Morgan fingerprint density at radius 3 is 2.50 bits per heavy atom. The Morgan fingerprint density at radius 2 is 1.94 bits per heavy atom. The number of nitrogen functional groups attached to an aromatic ring is 1. The summed E-state index contributed by atoms with van der Waals surface area (Å²) >= 11 is 0. The van der Waals surface area contributed by atoms with Gasteiger partial charge in [0.15, 0.2) is 0 Å². The number of ether oxygens (including phenoxy) is 1. The fourth-order valence-electron chi connectivity index (χ4n) is 1.42. The second-order valence-corrected chi connectivity index (χ2v) is 3.67. The van der Waals surface area contributed by atoms with Gasteiger partial charge in [-0.05, 0) is 36.4 Å². The van der Waals surface area contributed by atoms with Gasteiger partial charge in [0.05, 0.1) is 12.7 Å². The van der Waals surface area contributed by atoms with Gasteiger partial charge in [0.25, 0.3) is 0 Å². The van der Waals surface area contributed by atoms with E-state index < -0.39 is 5.97 Å². The summed E-state index contributed by atoms with van der Waals surface area (Å²) in [7, 11) is 1.34. The standard InChI is InChI=1S/C13H13N3O2/c1-18-13(17)9-2-7-12(15-8-9)16-11-5-3-10(14)4-6-11/h2-8H,14H2,1H3,(H,15,16). The van der Waals surface area contributed by atoms with E-state index in [1.807, 2.05) is 12.1 Å². The normalized spacial score (nSPS) is 9.83. The van der Waals surface area contributed by atoms with Crippen LogP contribution in [0.4, 0.5) is 17.2 Å². The molecule has 0 spiro atoms. The Labute approximate surface area is 105 Å². The average Bonchev–Trinajstić information content (AvgIpc) is 2.41. The van der Waals surface area contributed by atoms with Gasteiger partial charge in [-0.3, -0.25) is 0 Å². The number of rotatable bonds is 3. The number of hydrogen-bond donors (Lipinski definition) is 2. The zero-order chi connectivity index (χ0) is 13.0. The van der Waals surface area contributed by atoms with Crippen molar-refractivity contribution in [2.24, 2.45) is 0 Å². The van der Waals surface area contributed by atoms with Gasteiger partial charge in [-0.2, -0.15) is 0 Å². The molecule has 18 heavy (non-hydrogen) atoms. The van der Waals surface area contributed by atoms with E-state index in [0.29, 0.717) is 17.1 Å². The molecule has 0 saturated heterocycles. The molecule has 3 N–H and O–H groups in total. The lowest BCUT2D eigenvalue weighted by molar-refractivity contribution is 0.0600. The highest BCUT2D eigenvalue weighted by Crippen LogP contribution is 2.16. The first kappa shape index (κ1) is 11.9. The van der Waals surface area contributed by atoms with Crippen molar-refractivity contribution in [1.29, 1.82) is 0 Å². The van der Waals surface area contributed by atoms with Crippen molar-refractivity contribution in [3.8, 4) is 0 Å². The van der Waals surface area contributed by atoms with Crippen LogP contribution in [0.15, 0.2) is 42.6 Å². The largest absolute Gasteiger partial charge is 0.465 e. The first-order valence-corrected chi connectivity index (χ1v) is 5.36. The lowest BCUT2D eigenvalue weighted by atomic mass is 10.2. The number of benzene rings is 1. The summed E-state index contributed by atoms with van der Waals surface area (Å²) < 4.78 is 4.59. The maximum Gasteiger partial charge on any atom is 0.339 e. The first-order chi connectivity index (χ1) is 8.69. The highest BCUT2D eigenvalue weighted by atomic mass is 16.5. The van der Waals surface area contributed by atoms with E-state index in [9.17, 15) is 4.79 Å². The predicted molar refractivity (Wildman–Crippen MR) is 69.7 cm³/mol. The number of nitrogens with two attached hydrogens (primary N) is 1. The molecule has 0 aliphatic carbocycles. The third-order valence-electron chi connectivity index (χ3n) is 2.37. The summed E-state index contributed by atoms with van der Waals surface area (Å²) in [5, 5.41) is 3.10. The van der Waals surface area contributed by atoms with Crippen molar-refractivity contribution < 1.29 is 9.53 Å². The SMILES string of the molecule is COC(=O)c1ccc(Nc2ccc(N)cc2)nc1. The Bertz CT molecular complexity index is 535. The Hall–Kier alpha value is -2.56. The van der Waals surface area contributed by atoms with E-state index in [0.717, 1.165) is 5.69 Å². The summed E-state index contributed by atoms with van der Waals surface area (Å²) in [6.45, 7) is 0. The van der Waals surface area contributed by atoms with Crippen LogP contribution in [-0.2, 0) is 4.74 Å². The van der Waals surface area contributed by atoms with Crippen molar-refractivity contribution in [3.63, 3.8) is 0 Å². The van der Waals surface area contributed by atoms with Crippen LogP contribution in [0.3, 0.4) is 0 Å². The van der Waals surface area contributed by atoms with Crippen LogP contribution in [0, 0.1) is 0 Å². The smallest absolute Gasteiger partial charge is 0.339 e. The van der Waals surface area contributed by atoms with Crippen molar-refractivity contribution >= 4 is 23.2 Å². The number of carbonyl (C=O) groups is 1. The maximum atomic E-state index is 11.2. The monoisotopic (exact) mass is 243 g/mol. The lowest BCUT2D eigenvalue weighted by Crippen LogP contribution is -2.02. The summed E-state index contributed by atoms with van der Waals surface area (Å²) in [4.78, 5) is 15.3. The van der Waals surface area contributed by atoms with Gasteiger partial charge in [-0.15, -0.1) is 0 Å². The lowest BCUT2D eigenvalue weighted by Gasteiger charge is -2.06. The van der Waals surface area contributed by atoms with Gasteiger partial charge in [-0.25, -0.2) is 9.78 Å². The number of anilines is 3. The molecule has 0 aliphatic heterocycles. The third-order valence-corrected chi connectivity index (χ3v) is 2.37. The second kappa shape index (κ2) is 5.18. The highest BCUT2D eigenvalue weighted by Gasteiger charge is 2.05. The van der Waals surface area contributed by atoms with Gasteiger partial charge in [0.2, 0.25) is 0 Å². The fourth-order valence-corrected chi connectivity index (χ4v) is 1.42. The van der Waals surface area contributed by atoms with Crippen LogP contribution in [0.25, 0.3) is 0 Å². The van der Waals surface area contributed by atoms with E-state index in [4.69, 9.17) is 5.73 Å². The molecular formula is C13H13N3O2. The molecule has 0 radical (unpaired) electrons. The summed E-state index contributed by atoms with van der Waals surface area (Å²) in [6.07, 6.45) is 1.46. The minimum absolute atomic E-state index is 0.401. The fraction of sp³-hybridized carbons (Fsp3) is 0.0769. The number of nitrogens with one attached hydrogen (secondary N) is 1. The summed E-state index contributed by atoms with van der Waals surface area (Å²) in [6, 6.07) is 10.7. The third kappa shape index (κ3) is 2.76. The van der Waals surface area contributed by atoms with Crippen LogP contribution in [0.1, 0.15) is 10.4 Å². The minimum Gasteiger partial charge on any atom is -0.465 e. The van der Waals surface area contributed by atoms with E-state index in [1.165, 1.54) is 13.3 Å². The van der Waals surface area contributed by atoms with Crippen molar-refractivity contribution in [1.82, 2.24) is 4.98 Å². The molecular weight excluding hydrogens is 230 g/mol. The minimum atomic E-state index is -0.401. The van der Waals surface area contributed by atoms with Gasteiger partial charge in [0.1, 0.15) is 5.82 Å². The second-order valence-electron chi connectivity index (χ2n) is 3.67. The van der Waals surface area contributed by atoms with Gasteiger partial charge in [-0.1, -0.05) is 0 Å². The van der Waals surface area contributed by atoms with Crippen LogP contribution >= 0.6 is 0 Å². The van der Waals surface area contributed by atoms with E-state index in [2.05, 4.69) is 15.0 Å². The molecule has 1 heterocycles. The molecule has 5 nitrogen and oxygen atoms in total. The molecule has 5 heteroatoms. The predicted octanol–water partition coefficient (Wildman–Crippen LogP) is 2.19. The average molecular weight is 243 g/mol. The van der Waals surface area contributed by atoms with Crippen LogP contribution in [0.2, 0.25) is 0 Å². The van der Waals surface area contributed by atoms with Crippen LogP contribution in [-0.4, -0.2) is 18.1 Å². The molecule has 0 bridgehead atoms. The van der Waals surface area contributed by atoms with Crippen molar-refractivity contribution in [2.45, 2.75) is 0 Å². The molecule has 92 valence electrons. The molecule has 0 unspecified atom stereocenters. The molecule has 2 rings (SSSR count). The maximum absolute atomic E-state index is 11.2. The highest BCUT2D eigenvalue weighted by molar-refractivity contribution is 5.89. The van der Waals surface area contributed by atoms with Crippen molar-refractivity contribution in [2.75, 3.05) is 18.2 Å². The molecule has 2 aromatic rings. The number of esters is 1. The van der Waals surface area contributed by atoms with Gasteiger partial charge < -0.3 is 15.8 Å². The van der Waals surface area contributed by atoms with Crippen molar-refractivity contribution in [3.05, 3.63) is 48.2 Å². The Balaban J connectivity index is 2.10. The summed E-state index contributed by atoms with van der Waals surface area (Å²) in [5.74, 6) is 0.244. The van der Waals surface area contributed by atoms with Crippen LogP contribution in [0.5, 0.6) is 0 Å². The molecule has 0 fully saturated rings. The quantitative estimate of drug-likeness (QED) is 0.638. The zero-order valence-corrected chi connectivity index (χ0v) is 9.88. The molecule has 0 saturated carbocycles. The number of carbonyl (C=O) groups excluding carboxylic acids is 1. The Kier molecular flexibility index (Phi) is 3.43. The molecule has 1 aromatic carbocycles. The number of hydrogen-bond acceptors (Lipinski definition) is 5. The van der Waals surface area contributed by atoms with E-state index in [1.54, 1.807) is 24.3 Å². The zero-order valence-electron chi connectivity index (χ0n) is 9.88. The number of methoxy groups -OCH3 is 1. The number of pyridine rings is 1. The van der Waals surface area contributed by atoms with Crippen LogP contribution < -0.4 is 11.1 Å². The van der Waals surface area contributed by atoms with E-state index >= 15 is 0 Å². The first-order valence-electron chi connectivity index (χ1n) is 5.36. The topological polar surface area (TPSA) is 77.2 Å². The van der Waals surface area contributed by atoms with E-state index in [-0.39, 0.29) is 0 Å². The van der Waals surface area contributed by atoms with Gasteiger partial charge >= 0.3 is 5.97 Å². The Morgan fingerprint density at radius 1 is 1.22 bits per heavy atom. The summed E-state index contributed by atoms with van der Waals surface area (Å²) in [5.41, 5.74) is 7.59. The number of nitrogens with zero attached hydrogens (tertiary/aromatic N) is 1. The number of aromatic nitrogens is 1.